The quantitative estimate of drug-likeness (QED) is 0.0414. The molecule has 0 aromatic carbocycles. The number of esters is 1. The molecule has 0 fully saturated rings. The van der Waals surface area contributed by atoms with Crippen LogP contribution in [0.5, 0.6) is 0 Å². The van der Waals surface area contributed by atoms with Gasteiger partial charge in [0.05, 0.1) is 145 Å². The lowest BCUT2D eigenvalue weighted by atomic mass is 10.2. The molecule has 0 unspecified atom stereocenters. The lowest BCUT2D eigenvalue weighted by molar-refractivity contribution is -0.146. The maximum atomic E-state index is 11.5. The topological polar surface area (TPSA) is 165 Å². The highest BCUT2D eigenvalue weighted by Crippen LogP contribution is 2.01. The van der Waals surface area contributed by atoms with Crippen LogP contribution in [0.3, 0.4) is 0 Å². The number of hydrogen-bond acceptors (Lipinski definition) is 14. The summed E-state index contributed by atoms with van der Waals surface area (Å²) in [4.78, 5) is 21.9. The van der Waals surface area contributed by atoms with Crippen molar-refractivity contribution in [2.45, 2.75) is 25.7 Å². The van der Waals surface area contributed by atoms with Crippen LogP contribution in [0.25, 0.3) is 0 Å². The van der Waals surface area contributed by atoms with Crippen molar-refractivity contribution in [3.8, 4) is 0 Å². The Balaban J connectivity index is 3.09. The zero-order valence-corrected chi connectivity index (χ0v) is 29.5. The van der Waals surface area contributed by atoms with Gasteiger partial charge >= 0.3 is 11.9 Å². The van der Waals surface area contributed by atoms with Gasteiger partial charge < -0.3 is 61.9 Å². The van der Waals surface area contributed by atoms with Gasteiger partial charge in [0.25, 0.3) is 0 Å². The zero-order valence-electron chi connectivity index (χ0n) is 27.3. The predicted molar refractivity (Wildman–Crippen MR) is 175 cm³/mol. The van der Waals surface area contributed by atoms with Gasteiger partial charge in [-0.05, 0) is 12.8 Å². The fourth-order valence-corrected chi connectivity index (χ4v) is 3.50. The van der Waals surface area contributed by atoms with Gasteiger partial charge in [-0.25, -0.2) is 0 Å². The van der Waals surface area contributed by atoms with E-state index in [1.54, 1.807) is 0 Å². The van der Waals surface area contributed by atoms with Gasteiger partial charge in [-0.3, -0.25) is 9.59 Å². The molecule has 274 valence electrons. The molecule has 0 aliphatic rings. The molecule has 0 aromatic rings. The second-order valence-electron chi connectivity index (χ2n) is 9.25. The lowest BCUT2D eigenvalue weighted by Crippen LogP contribution is -2.15. The summed E-state index contributed by atoms with van der Waals surface area (Å²) in [6, 6.07) is 0. The van der Waals surface area contributed by atoms with Gasteiger partial charge in [-0.1, -0.05) is 22.6 Å². The molecule has 0 heterocycles. The Bertz CT molecular complexity index is 633. The number of alkyl halides is 1. The number of aliphatic carboxylic acids is 1. The molecule has 0 bridgehead atoms. The van der Waals surface area contributed by atoms with Crippen molar-refractivity contribution < 1.29 is 71.5 Å². The minimum Gasteiger partial charge on any atom is -0.481 e. The molecule has 0 aromatic heterocycles. The molecule has 15 nitrogen and oxygen atoms in total. The van der Waals surface area contributed by atoms with E-state index in [-0.39, 0.29) is 32.0 Å². The van der Waals surface area contributed by atoms with Gasteiger partial charge in [0.2, 0.25) is 0 Å². The average Bonchev–Trinajstić information content (AvgIpc) is 3.05. The molecular formula is C30H57IO15. The van der Waals surface area contributed by atoms with Crippen LogP contribution in [-0.4, -0.2) is 173 Å². The van der Waals surface area contributed by atoms with Gasteiger partial charge in [0, 0.05) is 17.3 Å². The summed E-state index contributed by atoms with van der Waals surface area (Å²) in [5.74, 6) is -1.21. The van der Waals surface area contributed by atoms with Crippen LogP contribution < -0.4 is 0 Å². The van der Waals surface area contributed by atoms with Crippen LogP contribution in [0, 0.1) is 0 Å². The average molecular weight is 785 g/mol. The van der Waals surface area contributed by atoms with Crippen molar-refractivity contribution in [1.29, 1.82) is 0 Å². The molecule has 1 N–H and O–H groups in total. The van der Waals surface area contributed by atoms with Crippen LogP contribution >= 0.6 is 22.6 Å². The monoisotopic (exact) mass is 784 g/mol. The molecule has 0 radical (unpaired) electrons. The summed E-state index contributed by atoms with van der Waals surface area (Å²) < 4.78 is 65.6. The van der Waals surface area contributed by atoms with Gasteiger partial charge in [-0.15, -0.1) is 0 Å². The number of carbonyl (C=O) groups excluding carboxylic acids is 1. The molecule has 46 heavy (non-hydrogen) atoms. The first kappa shape index (κ1) is 45.2. The largest absolute Gasteiger partial charge is 0.481 e. The number of ether oxygens (including phenoxy) is 12. The van der Waals surface area contributed by atoms with Crippen LogP contribution in [-0.2, 0) is 66.4 Å². The summed E-state index contributed by atoms with van der Waals surface area (Å²) in [6.07, 6.45) is 1.24. The molecule has 16 heteroatoms. The van der Waals surface area contributed by atoms with Gasteiger partial charge in [0.15, 0.2) is 0 Å². The van der Waals surface area contributed by atoms with Crippen molar-refractivity contribution >= 4 is 34.5 Å². The van der Waals surface area contributed by atoms with Crippen molar-refractivity contribution in [2.24, 2.45) is 0 Å². The molecule has 0 aliphatic heterocycles. The molecule has 0 atom stereocenters. The highest BCUT2D eigenvalue weighted by Gasteiger charge is 2.04. The van der Waals surface area contributed by atoms with E-state index in [4.69, 9.17) is 61.9 Å². The number of carboxylic acids is 1. The molecule has 0 saturated carbocycles. The first-order chi connectivity index (χ1) is 22.7. The fraction of sp³-hybridized carbons (Fsp3) is 0.933. The maximum absolute atomic E-state index is 11.5. The van der Waals surface area contributed by atoms with E-state index < -0.39 is 5.97 Å². The van der Waals surface area contributed by atoms with Crippen molar-refractivity contribution in [1.82, 2.24) is 0 Å². The zero-order chi connectivity index (χ0) is 33.4. The maximum Gasteiger partial charge on any atom is 0.305 e. The number of rotatable bonds is 40. The third-order valence-electron chi connectivity index (χ3n) is 5.45. The van der Waals surface area contributed by atoms with Crippen LogP contribution in [0.15, 0.2) is 0 Å². The molecule has 0 rings (SSSR count). The first-order valence-corrected chi connectivity index (χ1v) is 17.5. The number of carboxylic acid groups (broad SMARTS) is 1. The van der Waals surface area contributed by atoms with E-state index in [2.05, 4.69) is 22.6 Å². The Morgan fingerprint density at radius 1 is 0.370 bits per heavy atom. The fourth-order valence-electron chi connectivity index (χ4n) is 3.19. The summed E-state index contributed by atoms with van der Waals surface area (Å²) >= 11 is 2.27. The summed E-state index contributed by atoms with van der Waals surface area (Å²) in [6.45, 7) is 11.1. The second kappa shape index (κ2) is 40.4. The lowest BCUT2D eigenvalue weighted by Gasteiger charge is -2.09. The van der Waals surface area contributed by atoms with Gasteiger partial charge in [0.1, 0.15) is 6.61 Å². The second-order valence-corrected chi connectivity index (χ2v) is 10.3. The van der Waals surface area contributed by atoms with Gasteiger partial charge in [-0.2, -0.15) is 0 Å². The van der Waals surface area contributed by atoms with Crippen LogP contribution in [0.4, 0.5) is 0 Å². The van der Waals surface area contributed by atoms with E-state index in [1.807, 2.05) is 0 Å². The van der Waals surface area contributed by atoms with E-state index >= 15 is 0 Å². The minimum absolute atomic E-state index is 0.0606. The Morgan fingerprint density at radius 2 is 0.609 bits per heavy atom. The Hall–Kier alpha value is -0.770. The van der Waals surface area contributed by atoms with Crippen molar-refractivity contribution in [3.63, 3.8) is 0 Å². The summed E-state index contributed by atoms with van der Waals surface area (Å²) in [5, 5.41) is 8.54. The first-order valence-electron chi connectivity index (χ1n) is 15.9. The Kier molecular flexibility index (Phi) is 39.7. The van der Waals surface area contributed by atoms with Crippen LogP contribution in [0.1, 0.15) is 25.7 Å². The molecular weight excluding hydrogens is 727 g/mol. The summed E-state index contributed by atoms with van der Waals surface area (Å²) in [5.41, 5.74) is 0. The van der Waals surface area contributed by atoms with E-state index in [1.165, 1.54) is 0 Å². The third kappa shape index (κ3) is 41.3. The van der Waals surface area contributed by atoms with Crippen LogP contribution in [0.2, 0.25) is 0 Å². The molecule has 0 spiro atoms. The van der Waals surface area contributed by atoms with Crippen molar-refractivity contribution in [2.75, 3.05) is 156 Å². The summed E-state index contributed by atoms with van der Waals surface area (Å²) in [7, 11) is 0. The highest BCUT2D eigenvalue weighted by atomic mass is 127. The molecule has 0 amide bonds. The number of hydrogen-bond donors (Lipinski definition) is 1. The highest BCUT2D eigenvalue weighted by molar-refractivity contribution is 14.1. The van der Waals surface area contributed by atoms with E-state index in [0.29, 0.717) is 145 Å². The Labute approximate surface area is 287 Å². The molecule has 0 saturated heterocycles. The number of halogens is 1. The van der Waals surface area contributed by atoms with E-state index in [0.717, 1.165) is 11.0 Å². The number of carbonyl (C=O) groups is 2. The van der Waals surface area contributed by atoms with E-state index in [9.17, 15) is 9.59 Å². The smallest absolute Gasteiger partial charge is 0.305 e. The predicted octanol–water partition coefficient (Wildman–Crippen LogP) is 1.79. The Morgan fingerprint density at radius 3 is 0.870 bits per heavy atom. The minimum atomic E-state index is -0.863. The van der Waals surface area contributed by atoms with Crippen molar-refractivity contribution in [3.05, 3.63) is 0 Å². The normalized spacial score (nSPS) is 11.3. The molecule has 0 aliphatic carbocycles. The third-order valence-corrected chi connectivity index (χ3v) is 5.89. The SMILES string of the molecule is O=C(O)CCCCC(=O)OCCOCCOCCOCCOCCOCCOCCOCCOCCOCCOCCOCCI. The number of unbranched alkanes of at least 4 members (excludes halogenated alkanes) is 1. The standard InChI is InChI=1S/C30H57IO15/c31-5-6-35-7-8-36-9-10-37-11-12-38-13-14-39-15-16-40-17-18-41-19-20-42-21-22-43-23-24-44-25-26-45-27-28-46-30(34)4-2-1-3-29(32)33/h1-28H2,(H,32,33).